The Morgan fingerprint density at radius 3 is 2.38 bits per heavy atom. The van der Waals surface area contributed by atoms with E-state index in [4.69, 9.17) is 18.9 Å². The second-order valence-electron chi connectivity index (χ2n) is 8.82. The normalized spacial score (nSPS) is 23.3. The van der Waals surface area contributed by atoms with Crippen LogP contribution < -0.4 is 9.64 Å². The molecule has 2 fully saturated rings. The van der Waals surface area contributed by atoms with Gasteiger partial charge < -0.3 is 29.0 Å². The highest BCUT2D eigenvalue weighted by Gasteiger charge is 2.35. The van der Waals surface area contributed by atoms with E-state index in [0.717, 1.165) is 32.1 Å². The van der Waals surface area contributed by atoms with Crippen molar-refractivity contribution in [1.82, 2.24) is 0 Å². The van der Waals surface area contributed by atoms with Gasteiger partial charge in [0.05, 0.1) is 43.7 Å². The largest absolute Gasteiger partial charge is 0.488 e. The van der Waals surface area contributed by atoms with Crippen LogP contribution in [0.5, 0.6) is 5.75 Å². The summed E-state index contributed by atoms with van der Waals surface area (Å²) in [6, 6.07) is 4.44. The number of methoxy groups -OCH3 is 2. The molecule has 1 aliphatic heterocycles. The molecule has 32 heavy (non-hydrogen) atoms. The lowest BCUT2D eigenvalue weighted by molar-refractivity contribution is -0.124. The van der Waals surface area contributed by atoms with E-state index in [2.05, 4.69) is 6.92 Å². The minimum atomic E-state index is -1.11. The number of carboxylic acid groups (broad SMARTS) is 1. The van der Waals surface area contributed by atoms with Crippen LogP contribution in [0.3, 0.4) is 0 Å². The maximum absolute atomic E-state index is 13.7. The molecule has 1 atom stereocenters. The summed E-state index contributed by atoms with van der Waals surface area (Å²) >= 11 is 0. The molecule has 1 aromatic carbocycles. The Labute approximate surface area is 189 Å². The maximum Gasteiger partial charge on any atom is 0.337 e. The summed E-state index contributed by atoms with van der Waals surface area (Å²) in [7, 11) is 3.12. The minimum Gasteiger partial charge on any atom is -0.488 e. The van der Waals surface area contributed by atoms with E-state index < -0.39 is 12.0 Å². The molecule has 0 bridgehead atoms. The lowest BCUT2D eigenvalue weighted by Crippen LogP contribution is -2.49. The van der Waals surface area contributed by atoms with Crippen molar-refractivity contribution in [2.75, 3.05) is 45.5 Å². The molecule has 1 N–H and O–H groups in total. The summed E-state index contributed by atoms with van der Waals surface area (Å²) in [4.78, 5) is 27.5. The molecular weight excluding hydrogens is 414 g/mol. The van der Waals surface area contributed by atoms with Crippen LogP contribution in [0.2, 0.25) is 0 Å². The zero-order valence-electron chi connectivity index (χ0n) is 19.2. The zero-order chi connectivity index (χ0) is 23.1. The molecule has 1 aliphatic carbocycles. The number of amides is 1. The summed E-state index contributed by atoms with van der Waals surface area (Å²) in [5, 5.41) is 9.99. The van der Waals surface area contributed by atoms with E-state index in [1.165, 1.54) is 6.07 Å². The molecule has 2 aliphatic rings. The highest BCUT2D eigenvalue weighted by atomic mass is 16.5. The average Bonchev–Trinajstić information content (AvgIpc) is 3.28. The fourth-order valence-electron chi connectivity index (χ4n) is 4.55. The maximum atomic E-state index is 13.7. The Bertz CT molecular complexity index is 764. The molecule has 1 aromatic rings. The summed E-state index contributed by atoms with van der Waals surface area (Å²) in [5.41, 5.74) is 0.367. The lowest BCUT2D eigenvalue weighted by Gasteiger charge is -2.36. The van der Waals surface area contributed by atoms with E-state index in [1.54, 1.807) is 31.3 Å². The van der Waals surface area contributed by atoms with Gasteiger partial charge in [-0.25, -0.2) is 4.79 Å². The van der Waals surface area contributed by atoms with Gasteiger partial charge in [0.2, 0.25) is 5.91 Å². The van der Waals surface area contributed by atoms with Crippen LogP contribution in [-0.4, -0.2) is 69.8 Å². The van der Waals surface area contributed by atoms with Gasteiger partial charge in [0.15, 0.2) is 0 Å². The molecule has 3 rings (SSSR count). The number of carbonyl (C=O) groups is 2. The van der Waals surface area contributed by atoms with Crippen molar-refractivity contribution < 1.29 is 33.6 Å². The number of ether oxygens (including phenoxy) is 4. The lowest BCUT2D eigenvalue weighted by atomic mass is 9.82. The molecule has 1 saturated carbocycles. The van der Waals surface area contributed by atoms with Gasteiger partial charge in [0, 0.05) is 26.6 Å². The number of benzene rings is 1. The highest BCUT2D eigenvalue weighted by Crippen LogP contribution is 2.34. The van der Waals surface area contributed by atoms with Crippen LogP contribution in [-0.2, 0) is 19.0 Å². The van der Waals surface area contributed by atoms with E-state index in [0.29, 0.717) is 30.6 Å². The summed E-state index contributed by atoms with van der Waals surface area (Å²) in [5.74, 6) is -0.272. The topological polar surface area (TPSA) is 94.5 Å². The standard InChI is InChI=1S/C24H35NO7/c1-16-4-6-17(7-5-16)23(26)25(18(13-29-2)14-30-3)22-9-8-19(12-21(22)24(27)28)32-20-10-11-31-15-20/h8-9,12,16-18,20H,4-7,10-11,13-15H2,1-3H3,(H,27,28)/t16-,17-,20?. The van der Waals surface area contributed by atoms with Gasteiger partial charge in [-0.15, -0.1) is 0 Å². The van der Waals surface area contributed by atoms with Crippen molar-refractivity contribution in [3.63, 3.8) is 0 Å². The van der Waals surface area contributed by atoms with Crippen LogP contribution in [0.15, 0.2) is 18.2 Å². The predicted octanol–water partition coefficient (Wildman–Crippen LogP) is 3.37. The summed E-state index contributed by atoms with van der Waals surface area (Å²) in [6.45, 7) is 3.79. The van der Waals surface area contributed by atoms with Crippen LogP contribution in [0.1, 0.15) is 49.4 Å². The molecule has 0 spiro atoms. The van der Waals surface area contributed by atoms with Crippen molar-refractivity contribution in [1.29, 1.82) is 0 Å². The Hall–Kier alpha value is -2.16. The number of carboxylic acids is 1. The first-order valence-electron chi connectivity index (χ1n) is 11.4. The first kappa shape index (κ1) is 24.5. The number of nitrogens with zero attached hydrogens (tertiary/aromatic N) is 1. The van der Waals surface area contributed by atoms with Crippen LogP contribution in [0.4, 0.5) is 5.69 Å². The van der Waals surface area contributed by atoms with E-state index >= 15 is 0 Å². The third-order valence-electron chi connectivity index (χ3n) is 6.33. The fourth-order valence-corrected chi connectivity index (χ4v) is 4.55. The first-order chi connectivity index (χ1) is 15.4. The van der Waals surface area contributed by atoms with Gasteiger partial charge in [0.1, 0.15) is 11.9 Å². The summed E-state index contributed by atoms with van der Waals surface area (Å²) in [6.07, 6.45) is 4.25. The molecule has 1 amide bonds. The van der Waals surface area contributed by atoms with Crippen molar-refractivity contribution in [2.45, 2.75) is 51.2 Å². The van der Waals surface area contributed by atoms with E-state index in [1.807, 2.05) is 0 Å². The van der Waals surface area contributed by atoms with Gasteiger partial charge in [-0.1, -0.05) is 6.92 Å². The molecule has 178 valence electrons. The number of carbonyl (C=O) groups excluding carboxylic acids is 1. The minimum absolute atomic E-state index is 0.0242. The third-order valence-corrected chi connectivity index (χ3v) is 6.33. The van der Waals surface area contributed by atoms with Crippen LogP contribution >= 0.6 is 0 Å². The Balaban J connectivity index is 1.96. The van der Waals surface area contributed by atoms with Gasteiger partial charge >= 0.3 is 5.97 Å². The molecule has 8 nitrogen and oxygen atoms in total. The number of hydrogen-bond acceptors (Lipinski definition) is 6. The monoisotopic (exact) mass is 449 g/mol. The van der Waals surface area contributed by atoms with E-state index in [9.17, 15) is 14.7 Å². The predicted molar refractivity (Wildman–Crippen MR) is 119 cm³/mol. The zero-order valence-corrected chi connectivity index (χ0v) is 19.2. The highest BCUT2D eigenvalue weighted by molar-refractivity contribution is 6.03. The molecular formula is C24H35NO7. The fraction of sp³-hybridized carbons (Fsp3) is 0.667. The van der Waals surface area contributed by atoms with Gasteiger partial charge in [0.25, 0.3) is 0 Å². The smallest absolute Gasteiger partial charge is 0.337 e. The number of anilines is 1. The molecule has 8 heteroatoms. The molecule has 1 heterocycles. The molecule has 1 unspecified atom stereocenters. The molecule has 0 radical (unpaired) electrons. The number of aromatic carboxylic acids is 1. The second-order valence-corrected chi connectivity index (χ2v) is 8.82. The molecule has 0 aromatic heterocycles. The summed E-state index contributed by atoms with van der Waals surface area (Å²) < 4.78 is 22.0. The Morgan fingerprint density at radius 1 is 1.12 bits per heavy atom. The SMILES string of the molecule is COCC(COC)N(c1ccc(OC2CCOC2)cc1C(=O)O)C(=O)[C@H]1CC[C@H](C)CC1. The van der Waals surface area contributed by atoms with Crippen molar-refractivity contribution in [3.05, 3.63) is 23.8 Å². The Kier molecular flexibility index (Phi) is 8.90. The van der Waals surface area contributed by atoms with Gasteiger partial charge in [-0.05, 0) is 49.8 Å². The first-order valence-corrected chi connectivity index (χ1v) is 11.4. The number of hydrogen-bond donors (Lipinski definition) is 1. The Morgan fingerprint density at radius 2 is 1.81 bits per heavy atom. The van der Waals surface area contributed by atoms with Crippen molar-refractivity contribution in [2.24, 2.45) is 11.8 Å². The average molecular weight is 450 g/mol. The van der Waals surface area contributed by atoms with Crippen molar-refractivity contribution in [3.8, 4) is 5.75 Å². The van der Waals surface area contributed by atoms with Gasteiger partial charge in [-0.2, -0.15) is 0 Å². The van der Waals surface area contributed by atoms with Crippen LogP contribution in [0, 0.1) is 11.8 Å². The van der Waals surface area contributed by atoms with Gasteiger partial charge in [-0.3, -0.25) is 4.79 Å². The molecule has 1 saturated heterocycles. The number of rotatable bonds is 10. The van der Waals surface area contributed by atoms with Crippen molar-refractivity contribution >= 4 is 17.6 Å². The quantitative estimate of drug-likeness (QED) is 0.585. The third kappa shape index (κ3) is 5.99. The van der Waals surface area contributed by atoms with E-state index in [-0.39, 0.29) is 36.7 Å². The second kappa shape index (κ2) is 11.6. The van der Waals surface area contributed by atoms with Crippen LogP contribution in [0.25, 0.3) is 0 Å².